The molecule has 0 aliphatic heterocycles. The van der Waals surface area contributed by atoms with E-state index in [1.54, 1.807) is 29.3 Å². The number of nitrogens with zero attached hydrogens (tertiary/aromatic N) is 4. The van der Waals surface area contributed by atoms with Crippen molar-refractivity contribution in [1.29, 1.82) is 0 Å². The Morgan fingerprint density at radius 2 is 2.00 bits per heavy atom. The summed E-state index contributed by atoms with van der Waals surface area (Å²) in [7, 11) is 1.82. The van der Waals surface area contributed by atoms with Gasteiger partial charge in [0.15, 0.2) is 0 Å². The summed E-state index contributed by atoms with van der Waals surface area (Å²) in [6, 6.07) is 7.39. The largest absolute Gasteiger partial charge is 0.311 e. The van der Waals surface area contributed by atoms with Gasteiger partial charge in [0.05, 0.1) is 5.69 Å². The van der Waals surface area contributed by atoms with Crippen molar-refractivity contribution in [1.82, 2.24) is 19.7 Å². The first kappa shape index (κ1) is 17.1. The molecule has 6 nitrogen and oxygen atoms in total. The molecule has 128 valence electrons. The average Bonchev–Trinajstić information content (AvgIpc) is 2.90. The van der Waals surface area contributed by atoms with Crippen LogP contribution < -0.4 is 5.32 Å². The summed E-state index contributed by atoms with van der Waals surface area (Å²) in [5.41, 5.74) is 3.70. The molecular formula is C18H18ClN5O. The number of carbonyl (C=O) groups is 1. The van der Waals surface area contributed by atoms with Gasteiger partial charge in [-0.25, -0.2) is 4.98 Å². The van der Waals surface area contributed by atoms with Crippen LogP contribution in [0.4, 0.5) is 5.82 Å². The van der Waals surface area contributed by atoms with Crippen LogP contribution in [0.5, 0.6) is 0 Å². The standard InChI is InChI=1S/C18H18ClN5O/c1-12-17(14-7-9-20-10-8-14)23-24(2)18(12)22-16(25)6-4-13-3-5-15(19)21-11-13/h3,5,7-11H,4,6H2,1-2H3,(H,22,25). The van der Waals surface area contributed by atoms with E-state index in [0.717, 1.165) is 22.4 Å². The second-order valence-corrected chi connectivity index (χ2v) is 6.11. The van der Waals surface area contributed by atoms with Gasteiger partial charge in [0.25, 0.3) is 0 Å². The minimum atomic E-state index is -0.0673. The molecule has 1 amide bonds. The van der Waals surface area contributed by atoms with Crippen molar-refractivity contribution < 1.29 is 4.79 Å². The van der Waals surface area contributed by atoms with Crippen molar-refractivity contribution in [2.24, 2.45) is 7.05 Å². The monoisotopic (exact) mass is 355 g/mol. The van der Waals surface area contributed by atoms with Crippen molar-refractivity contribution in [2.45, 2.75) is 19.8 Å². The van der Waals surface area contributed by atoms with Crippen molar-refractivity contribution in [3.63, 3.8) is 0 Å². The maximum absolute atomic E-state index is 12.3. The van der Waals surface area contributed by atoms with Crippen LogP contribution in [0.3, 0.4) is 0 Å². The second kappa shape index (κ2) is 7.44. The van der Waals surface area contributed by atoms with Gasteiger partial charge >= 0.3 is 0 Å². The van der Waals surface area contributed by atoms with Crippen LogP contribution in [-0.2, 0) is 18.3 Å². The van der Waals surface area contributed by atoms with Crippen LogP contribution in [0.1, 0.15) is 17.5 Å². The molecule has 0 radical (unpaired) electrons. The zero-order valence-corrected chi connectivity index (χ0v) is 14.8. The number of rotatable bonds is 5. The number of nitrogens with one attached hydrogen (secondary N) is 1. The van der Waals surface area contributed by atoms with Gasteiger partial charge in [-0.1, -0.05) is 17.7 Å². The number of hydrogen-bond acceptors (Lipinski definition) is 4. The number of hydrogen-bond donors (Lipinski definition) is 1. The fraction of sp³-hybridized carbons (Fsp3) is 0.222. The first-order valence-corrected chi connectivity index (χ1v) is 8.26. The lowest BCUT2D eigenvalue weighted by Gasteiger charge is -2.07. The molecule has 0 saturated heterocycles. The lowest BCUT2D eigenvalue weighted by molar-refractivity contribution is -0.116. The number of aryl methyl sites for hydroxylation is 2. The average molecular weight is 356 g/mol. The van der Waals surface area contributed by atoms with E-state index >= 15 is 0 Å². The third-order valence-corrected chi connectivity index (χ3v) is 4.15. The third kappa shape index (κ3) is 4.03. The molecular weight excluding hydrogens is 338 g/mol. The van der Waals surface area contributed by atoms with Gasteiger partial charge < -0.3 is 5.32 Å². The quantitative estimate of drug-likeness (QED) is 0.712. The summed E-state index contributed by atoms with van der Waals surface area (Å²) < 4.78 is 1.69. The van der Waals surface area contributed by atoms with Crippen LogP contribution in [0.15, 0.2) is 42.9 Å². The first-order chi connectivity index (χ1) is 12.0. The van der Waals surface area contributed by atoms with Crippen LogP contribution in [-0.4, -0.2) is 25.7 Å². The topological polar surface area (TPSA) is 72.7 Å². The first-order valence-electron chi connectivity index (χ1n) is 7.89. The molecule has 3 aromatic rings. The van der Waals surface area contributed by atoms with Crippen molar-refractivity contribution in [3.8, 4) is 11.3 Å². The van der Waals surface area contributed by atoms with Crippen LogP contribution in [0.25, 0.3) is 11.3 Å². The van der Waals surface area contributed by atoms with Gasteiger partial charge in [-0.05, 0) is 37.1 Å². The fourth-order valence-corrected chi connectivity index (χ4v) is 2.71. The number of anilines is 1. The molecule has 0 bridgehead atoms. The predicted molar refractivity (Wildman–Crippen MR) is 97.4 cm³/mol. The SMILES string of the molecule is Cc1c(-c2ccncc2)nn(C)c1NC(=O)CCc1ccc(Cl)nc1. The second-order valence-electron chi connectivity index (χ2n) is 5.72. The zero-order valence-electron chi connectivity index (χ0n) is 14.0. The highest BCUT2D eigenvalue weighted by Crippen LogP contribution is 2.27. The van der Waals surface area contributed by atoms with Crippen molar-refractivity contribution in [3.05, 3.63) is 59.1 Å². The van der Waals surface area contributed by atoms with Crippen molar-refractivity contribution >= 4 is 23.3 Å². The van der Waals surface area contributed by atoms with Gasteiger partial charge in [-0.2, -0.15) is 5.10 Å². The highest BCUT2D eigenvalue weighted by molar-refractivity contribution is 6.29. The molecule has 3 aromatic heterocycles. The van der Waals surface area contributed by atoms with E-state index in [1.807, 2.05) is 32.2 Å². The highest BCUT2D eigenvalue weighted by atomic mass is 35.5. The summed E-state index contributed by atoms with van der Waals surface area (Å²) in [6.45, 7) is 1.95. The normalized spacial score (nSPS) is 10.7. The van der Waals surface area contributed by atoms with E-state index in [2.05, 4.69) is 20.4 Å². The van der Waals surface area contributed by atoms with E-state index < -0.39 is 0 Å². The maximum atomic E-state index is 12.3. The summed E-state index contributed by atoms with van der Waals surface area (Å²) in [6.07, 6.45) is 6.10. The van der Waals surface area contributed by atoms with Crippen LogP contribution in [0.2, 0.25) is 5.15 Å². The number of halogens is 1. The Morgan fingerprint density at radius 3 is 2.68 bits per heavy atom. The van der Waals surface area contributed by atoms with Gasteiger partial charge in [-0.3, -0.25) is 14.5 Å². The molecule has 0 spiro atoms. The summed E-state index contributed by atoms with van der Waals surface area (Å²) in [4.78, 5) is 20.3. The minimum absolute atomic E-state index is 0.0673. The van der Waals surface area contributed by atoms with Gasteiger partial charge in [0.2, 0.25) is 5.91 Å². The Morgan fingerprint density at radius 1 is 1.24 bits per heavy atom. The molecule has 0 aromatic carbocycles. The molecule has 0 aliphatic carbocycles. The molecule has 3 heterocycles. The smallest absolute Gasteiger partial charge is 0.225 e. The molecule has 0 atom stereocenters. The Hall–Kier alpha value is -2.73. The van der Waals surface area contributed by atoms with E-state index in [4.69, 9.17) is 11.6 Å². The van der Waals surface area contributed by atoms with Crippen LogP contribution >= 0.6 is 11.6 Å². The van der Waals surface area contributed by atoms with E-state index in [-0.39, 0.29) is 5.91 Å². The van der Waals surface area contributed by atoms with Gasteiger partial charge in [0, 0.05) is 43.2 Å². The molecule has 0 saturated carbocycles. The zero-order chi connectivity index (χ0) is 17.8. The lowest BCUT2D eigenvalue weighted by atomic mass is 10.1. The Balaban J connectivity index is 1.69. The van der Waals surface area contributed by atoms with E-state index in [0.29, 0.717) is 23.8 Å². The molecule has 0 fully saturated rings. The third-order valence-electron chi connectivity index (χ3n) is 3.92. The summed E-state index contributed by atoms with van der Waals surface area (Å²) >= 11 is 5.77. The lowest BCUT2D eigenvalue weighted by Crippen LogP contribution is -2.15. The molecule has 7 heteroatoms. The number of amides is 1. The minimum Gasteiger partial charge on any atom is -0.311 e. The molecule has 0 aliphatic rings. The number of carbonyl (C=O) groups excluding carboxylic acids is 1. The summed E-state index contributed by atoms with van der Waals surface area (Å²) in [5.74, 6) is 0.633. The van der Waals surface area contributed by atoms with E-state index in [9.17, 15) is 4.79 Å². The van der Waals surface area contributed by atoms with E-state index in [1.165, 1.54) is 0 Å². The molecule has 25 heavy (non-hydrogen) atoms. The Labute approximate surface area is 150 Å². The summed E-state index contributed by atoms with van der Waals surface area (Å²) in [5, 5.41) is 7.91. The highest BCUT2D eigenvalue weighted by Gasteiger charge is 2.16. The molecule has 0 unspecified atom stereocenters. The Kier molecular flexibility index (Phi) is 5.09. The van der Waals surface area contributed by atoms with Gasteiger partial charge in [0.1, 0.15) is 11.0 Å². The predicted octanol–water partition coefficient (Wildman–Crippen LogP) is 3.41. The van der Waals surface area contributed by atoms with Crippen molar-refractivity contribution in [2.75, 3.05) is 5.32 Å². The fourth-order valence-electron chi connectivity index (χ4n) is 2.60. The molecule has 3 rings (SSSR count). The number of aromatic nitrogens is 4. The van der Waals surface area contributed by atoms with Crippen LogP contribution in [0, 0.1) is 6.92 Å². The maximum Gasteiger partial charge on any atom is 0.225 e. The Bertz CT molecular complexity index is 874. The molecule has 1 N–H and O–H groups in total. The van der Waals surface area contributed by atoms with Gasteiger partial charge in [-0.15, -0.1) is 0 Å². The number of pyridine rings is 2.